The maximum Gasteiger partial charge on any atom is 0.123 e. The summed E-state index contributed by atoms with van der Waals surface area (Å²) in [4.78, 5) is 0. The van der Waals surface area contributed by atoms with Gasteiger partial charge in [0.15, 0.2) is 0 Å². The van der Waals surface area contributed by atoms with Crippen molar-refractivity contribution < 1.29 is 9.84 Å². The topological polar surface area (TPSA) is 41.5 Å². The van der Waals surface area contributed by atoms with E-state index in [0.717, 1.165) is 31.6 Å². The average Bonchev–Trinajstić information content (AvgIpc) is 2.81. The van der Waals surface area contributed by atoms with Gasteiger partial charge in [-0.2, -0.15) is 0 Å². The van der Waals surface area contributed by atoms with Gasteiger partial charge in [0.05, 0.1) is 13.2 Å². The number of benzene rings is 1. The summed E-state index contributed by atoms with van der Waals surface area (Å²) in [6.07, 6.45) is 3.11. The van der Waals surface area contributed by atoms with E-state index in [2.05, 4.69) is 37.4 Å². The first-order chi connectivity index (χ1) is 9.11. The van der Waals surface area contributed by atoms with E-state index in [1.54, 1.807) is 7.11 Å². The summed E-state index contributed by atoms with van der Waals surface area (Å²) in [5.41, 5.74) is 2.39. The largest absolute Gasteiger partial charge is 0.496 e. The molecule has 3 atom stereocenters. The Hall–Kier alpha value is -1.06. The van der Waals surface area contributed by atoms with Crippen molar-refractivity contribution in [3.63, 3.8) is 0 Å². The fraction of sp³-hybridized carbons (Fsp3) is 0.625. The van der Waals surface area contributed by atoms with Crippen molar-refractivity contribution in [2.75, 3.05) is 13.7 Å². The molecule has 0 bridgehead atoms. The molecule has 0 radical (unpaired) electrons. The molecule has 0 saturated heterocycles. The molecule has 0 spiro atoms. The zero-order valence-corrected chi connectivity index (χ0v) is 12.1. The standard InChI is InChI=1S/C16H25NO2/c1-11-7-8-14(16(9-11)19-3)12(2)17-10-13-5-4-6-15(13)18/h7-9,12-13,15,17-18H,4-6,10H2,1-3H3. The molecule has 1 saturated carbocycles. The Balaban J connectivity index is 1.97. The molecule has 0 aromatic heterocycles. The van der Waals surface area contributed by atoms with Gasteiger partial charge in [-0.25, -0.2) is 0 Å². The molecule has 2 N–H and O–H groups in total. The lowest BCUT2D eigenvalue weighted by Crippen LogP contribution is -2.29. The van der Waals surface area contributed by atoms with Crippen LogP contribution in [0.25, 0.3) is 0 Å². The van der Waals surface area contributed by atoms with Crippen LogP contribution in [0.4, 0.5) is 0 Å². The summed E-state index contributed by atoms with van der Waals surface area (Å²) in [6.45, 7) is 5.09. The van der Waals surface area contributed by atoms with Gasteiger partial charge in [0.2, 0.25) is 0 Å². The summed E-state index contributed by atoms with van der Waals surface area (Å²) in [5.74, 6) is 1.34. The number of nitrogens with one attached hydrogen (secondary N) is 1. The van der Waals surface area contributed by atoms with Crippen molar-refractivity contribution in [2.45, 2.75) is 45.3 Å². The van der Waals surface area contributed by atoms with Crippen LogP contribution in [0.2, 0.25) is 0 Å². The van der Waals surface area contributed by atoms with Gasteiger partial charge >= 0.3 is 0 Å². The van der Waals surface area contributed by atoms with Gasteiger partial charge in [-0.3, -0.25) is 0 Å². The van der Waals surface area contributed by atoms with Crippen molar-refractivity contribution in [1.82, 2.24) is 5.32 Å². The third-order valence-electron chi connectivity index (χ3n) is 4.16. The molecule has 1 aromatic carbocycles. The number of rotatable bonds is 5. The highest BCUT2D eigenvalue weighted by molar-refractivity contribution is 5.39. The molecule has 3 unspecified atom stereocenters. The van der Waals surface area contributed by atoms with Gasteiger partial charge in [-0.1, -0.05) is 18.6 Å². The molecular weight excluding hydrogens is 238 g/mol. The molecule has 1 fully saturated rings. The highest BCUT2D eigenvalue weighted by atomic mass is 16.5. The smallest absolute Gasteiger partial charge is 0.123 e. The van der Waals surface area contributed by atoms with E-state index in [0.29, 0.717) is 5.92 Å². The molecular formula is C16H25NO2. The van der Waals surface area contributed by atoms with E-state index < -0.39 is 0 Å². The minimum Gasteiger partial charge on any atom is -0.496 e. The number of methoxy groups -OCH3 is 1. The lowest BCUT2D eigenvalue weighted by atomic mass is 10.0. The highest BCUT2D eigenvalue weighted by Gasteiger charge is 2.25. The quantitative estimate of drug-likeness (QED) is 0.858. The number of ether oxygens (including phenoxy) is 1. The minimum absolute atomic E-state index is 0.125. The Kier molecular flexibility index (Phi) is 4.83. The molecule has 3 nitrogen and oxygen atoms in total. The summed E-state index contributed by atoms with van der Waals surface area (Å²) < 4.78 is 5.45. The van der Waals surface area contributed by atoms with E-state index in [4.69, 9.17) is 4.74 Å². The maximum atomic E-state index is 9.84. The van der Waals surface area contributed by atoms with E-state index in [1.807, 2.05) is 0 Å². The van der Waals surface area contributed by atoms with Crippen molar-refractivity contribution in [2.24, 2.45) is 5.92 Å². The zero-order valence-electron chi connectivity index (χ0n) is 12.1. The monoisotopic (exact) mass is 263 g/mol. The Bertz CT molecular complexity index is 419. The first kappa shape index (κ1) is 14.4. The summed E-state index contributed by atoms with van der Waals surface area (Å²) in [5, 5.41) is 13.4. The third-order valence-corrected chi connectivity index (χ3v) is 4.16. The molecule has 106 valence electrons. The third kappa shape index (κ3) is 3.48. The lowest BCUT2D eigenvalue weighted by Gasteiger charge is -2.21. The van der Waals surface area contributed by atoms with Gasteiger partial charge in [0, 0.05) is 18.2 Å². The summed E-state index contributed by atoms with van der Waals surface area (Å²) in [6, 6.07) is 6.54. The Morgan fingerprint density at radius 2 is 2.21 bits per heavy atom. The minimum atomic E-state index is -0.125. The molecule has 19 heavy (non-hydrogen) atoms. The Morgan fingerprint density at radius 3 is 2.84 bits per heavy atom. The number of aliphatic hydroxyl groups is 1. The van der Waals surface area contributed by atoms with Crippen LogP contribution in [0, 0.1) is 12.8 Å². The molecule has 1 aliphatic rings. The number of aliphatic hydroxyl groups excluding tert-OH is 1. The predicted molar refractivity (Wildman–Crippen MR) is 77.5 cm³/mol. The molecule has 1 aliphatic carbocycles. The zero-order chi connectivity index (χ0) is 13.8. The van der Waals surface area contributed by atoms with Crippen LogP contribution in [0.5, 0.6) is 5.75 Å². The number of aryl methyl sites for hydroxylation is 1. The van der Waals surface area contributed by atoms with Gasteiger partial charge in [0.1, 0.15) is 5.75 Å². The van der Waals surface area contributed by atoms with Crippen LogP contribution in [-0.2, 0) is 0 Å². The molecule has 0 amide bonds. The van der Waals surface area contributed by atoms with Gasteiger partial charge in [-0.05, 0) is 44.2 Å². The number of hydrogen-bond acceptors (Lipinski definition) is 3. The molecule has 3 heteroatoms. The number of hydrogen-bond donors (Lipinski definition) is 2. The van der Waals surface area contributed by atoms with Crippen molar-refractivity contribution >= 4 is 0 Å². The maximum absolute atomic E-state index is 9.84. The van der Waals surface area contributed by atoms with E-state index in [1.165, 1.54) is 11.1 Å². The first-order valence-electron chi connectivity index (χ1n) is 7.17. The fourth-order valence-corrected chi connectivity index (χ4v) is 2.87. The first-order valence-corrected chi connectivity index (χ1v) is 7.17. The van der Waals surface area contributed by atoms with Crippen molar-refractivity contribution in [3.8, 4) is 5.75 Å². The van der Waals surface area contributed by atoms with Crippen LogP contribution >= 0.6 is 0 Å². The predicted octanol–water partition coefficient (Wildman–Crippen LogP) is 2.82. The molecule has 1 aromatic rings. The van der Waals surface area contributed by atoms with Crippen molar-refractivity contribution in [3.05, 3.63) is 29.3 Å². The summed E-state index contributed by atoms with van der Waals surface area (Å²) in [7, 11) is 1.71. The second-order valence-electron chi connectivity index (χ2n) is 5.63. The fourth-order valence-electron chi connectivity index (χ4n) is 2.87. The average molecular weight is 263 g/mol. The van der Waals surface area contributed by atoms with Crippen LogP contribution < -0.4 is 10.1 Å². The summed E-state index contributed by atoms with van der Waals surface area (Å²) >= 11 is 0. The van der Waals surface area contributed by atoms with Crippen LogP contribution in [0.3, 0.4) is 0 Å². The molecule has 2 rings (SSSR count). The van der Waals surface area contributed by atoms with Gasteiger partial charge in [-0.15, -0.1) is 0 Å². The lowest BCUT2D eigenvalue weighted by molar-refractivity contribution is 0.130. The second kappa shape index (κ2) is 6.40. The normalized spacial score (nSPS) is 24.4. The highest BCUT2D eigenvalue weighted by Crippen LogP contribution is 2.28. The van der Waals surface area contributed by atoms with Gasteiger partial charge in [0.25, 0.3) is 0 Å². The van der Waals surface area contributed by atoms with Crippen LogP contribution in [0.15, 0.2) is 18.2 Å². The molecule has 0 heterocycles. The van der Waals surface area contributed by atoms with E-state index in [-0.39, 0.29) is 12.1 Å². The Labute approximate surface area is 116 Å². The van der Waals surface area contributed by atoms with E-state index in [9.17, 15) is 5.11 Å². The van der Waals surface area contributed by atoms with Gasteiger partial charge < -0.3 is 15.2 Å². The van der Waals surface area contributed by atoms with E-state index >= 15 is 0 Å². The SMILES string of the molecule is COc1cc(C)ccc1C(C)NCC1CCCC1O. The van der Waals surface area contributed by atoms with Crippen LogP contribution in [0.1, 0.15) is 43.4 Å². The second-order valence-corrected chi connectivity index (χ2v) is 5.63. The Morgan fingerprint density at radius 1 is 1.42 bits per heavy atom. The van der Waals surface area contributed by atoms with Crippen molar-refractivity contribution in [1.29, 1.82) is 0 Å². The molecule has 0 aliphatic heterocycles. The van der Waals surface area contributed by atoms with Crippen LogP contribution in [-0.4, -0.2) is 24.9 Å².